The lowest BCUT2D eigenvalue weighted by atomic mass is 10.0. The zero-order chi connectivity index (χ0) is 9.68. The lowest BCUT2D eigenvalue weighted by molar-refractivity contribution is 0.447. The minimum absolute atomic E-state index is 0.470. The van der Waals surface area contributed by atoms with Gasteiger partial charge in [0.1, 0.15) is 11.3 Å². The molecule has 0 amide bonds. The average Bonchev–Trinajstić information content (AvgIpc) is 2.65. The van der Waals surface area contributed by atoms with Gasteiger partial charge in [-0.15, -0.1) is 0 Å². The maximum absolute atomic E-state index is 4.23. The number of hydrogen-bond donors (Lipinski definition) is 1. The topological polar surface area (TPSA) is 37.8 Å². The second kappa shape index (κ2) is 5.29. The summed E-state index contributed by atoms with van der Waals surface area (Å²) in [6, 6.07) is 0.526. The van der Waals surface area contributed by atoms with Gasteiger partial charge in [-0.2, -0.15) is 4.37 Å². The van der Waals surface area contributed by atoms with Crippen LogP contribution in [0.2, 0.25) is 0 Å². The minimum atomic E-state index is 0.470. The van der Waals surface area contributed by atoms with Gasteiger partial charge in [0, 0.05) is 12.0 Å². The van der Waals surface area contributed by atoms with E-state index in [4.69, 9.17) is 0 Å². The highest BCUT2D eigenvalue weighted by Gasteiger charge is 2.18. The van der Waals surface area contributed by atoms with Crippen LogP contribution in [0, 0.1) is 0 Å². The highest BCUT2D eigenvalue weighted by molar-refractivity contribution is 7.05. The van der Waals surface area contributed by atoms with Crippen molar-refractivity contribution in [1.29, 1.82) is 0 Å². The molecule has 0 radical (unpaired) electrons. The second-order valence-electron chi connectivity index (χ2n) is 3.14. The Balaban J connectivity index is 2.58. The molecule has 1 rings (SSSR count). The summed E-state index contributed by atoms with van der Waals surface area (Å²) in [5.74, 6) is 0.470. The second-order valence-corrected chi connectivity index (χ2v) is 3.95. The first-order valence-electron chi connectivity index (χ1n) is 4.79. The van der Waals surface area contributed by atoms with Crippen LogP contribution < -0.4 is 5.32 Å². The highest BCUT2D eigenvalue weighted by atomic mass is 32.1. The predicted molar refractivity (Wildman–Crippen MR) is 56.1 cm³/mol. The molecule has 0 aliphatic rings. The molecule has 3 nitrogen and oxygen atoms in total. The lowest BCUT2D eigenvalue weighted by Gasteiger charge is -2.21. The van der Waals surface area contributed by atoms with Crippen molar-refractivity contribution in [2.75, 3.05) is 6.54 Å². The van der Waals surface area contributed by atoms with Gasteiger partial charge in [0.15, 0.2) is 0 Å². The summed E-state index contributed by atoms with van der Waals surface area (Å²) in [5, 5.41) is 4.59. The average molecular weight is 199 g/mol. The Morgan fingerprint density at radius 3 is 2.77 bits per heavy atom. The molecule has 2 unspecified atom stereocenters. The fourth-order valence-electron chi connectivity index (χ4n) is 1.49. The molecule has 0 saturated carbocycles. The normalized spacial score (nSPS) is 15.6. The van der Waals surface area contributed by atoms with E-state index in [9.17, 15) is 0 Å². The zero-order valence-corrected chi connectivity index (χ0v) is 9.27. The van der Waals surface area contributed by atoms with Crippen molar-refractivity contribution in [1.82, 2.24) is 14.7 Å². The van der Waals surface area contributed by atoms with Gasteiger partial charge in [-0.3, -0.25) is 0 Å². The fraction of sp³-hybridized carbons (Fsp3) is 0.778. The third-order valence-electron chi connectivity index (χ3n) is 2.28. The first kappa shape index (κ1) is 10.6. The maximum atomic E-state index is 4.23. The van der Waals surface area contributed by atoms with Gasteiger partial charge >= 0.3 is 0 Å². The van der Waals surface area contributed by atoms with Crippen LogP contribution in [0.1, 0.15) is 38.1 Å². The van der Waals surface area contributed by atoms with Crippen LogP contribution in [0.4, 0.5) is 0 Å². The third kappa shape index (κ3) is 2.74. The van der Waals surface area contributed by atoms with Gasteiger partial charge in [-0.1, -0.05) is 20.8 Å². The molecule has 0 aromatic carbocycles. The quantitative estimate of drug-likeness (QED) is 0.788. The van der Waals surface area contributed by atoms with Gasteiger partial charge in [0.05, 0.1) is 0 Å². The molecule has 74 valence electrons. The van der Waals surface area contributed by atoms with E-state index in [0.29, 0.717) is 12.0 Å². The number of likely N-dealkylation sites (N-methyl/N-ethyl adjacent to an activating group) is 1. The number of hydrogen-bond acceptors (Lipinski definition) is 4. The molecule has 0 fully saturated rings. The lowest BCUT2D eigenvalue weighted by Crippen LogP contribution is -2.32. The minimum Gasteiger partial charge on any atom is -0.314 e. The van der Waals surface area contributed by atoms with Crippen molar-refractivity contribution in [2.24, 2.45) is 0 Å². The summed E-state index contributed by atoms with van der Waals surface area (Å²) < 4.78 is 4.02. The summed E-state index contributed by atoms with van der Waals surface area (Å²) in [4.78, 5) is 4.23. The Bertz CT molecular complexity index is 223. The van der Waals surface area contributed by atoms with Crippen LogP contribution in [-0.4, -0.2) is 21.9 Å². The van der Waals surface area contributed by atoms with Crippen LogP contribution in [0.15, 0.2) is 6.33 Å². The Labute approximate surface area is 83.8 Å². The monoisotopic (exact) mass is 199 g/mol. The Hall–Kier alpha value is -0.480. The van der Waals surface area contributed by atoms with Gasteiger partial charge in [0.25, 0.3) is 0 Å². The summed E-state index contributed by atoms with van der Waals surface area (Å²) in [6.45, 7) is 7.55. The largest absolute Gasteiger partial charge is 0.314 e. The van der Waals surface area contributed by atoms with Crippen LogP contribution in [0.25, 0.3) is 0 Å². The molecule has 1 aromatic rings. The van der Waals surface area contributed by atoms with Gasteiger partial charge < -0.3 is 5.32 Å². The van der Waals surface area contributed by atoms with Crippen LogP contribution in [0.3, 0.4) is 0 Å². The molecule has 13 heavy (non-hydrogen) atoms. The van der Waals surface area contributed by atoms with E-state index in [1.807, 2.05) is 0 Å². The first-order chi connectivity index (χ1) is 6.29. The molecule has 0 bridgehead atoms. The van der Waals surface area contributed by atoms with Crippen molar-refractivity contribution < 1.29 is 0 Å². The van der Waals surface area contributed by atoms with Crippen molar-refractivity contribution in [3.8, 4) is 0 Å². The molecule has 1 heterocycles. The van der Waals surface area contributed by atoms with E-state index in [2.05, 4.69) is 35.4 Å². The van der Waals surface area contributed by atoms with E-state index in [1.54, 1.807) is 6.33 Å². The Morgan fingerprint density at radius 1 is 1.54 bits per heavy atom. The highest BCUT2D eigenvalue weighted by Crippen LogP contribution is 2.21. The standard InChI is InChI=1S/C9H17N3S/c1-4-8(10-5-2)7(3)9-11-6-12-13-9/h6-8,10H,4-5H2,1-3H3. The number of aromatic nitrogens is 2. The molecule has 0 saturated heterocycles. The molecule has 0 aliphatic carbocycles. The van der Waals surface area contributed by atoms with Crippen LogP contribution in [-0.2, 0) is 0 Å². The van der Waals surface area contributed by atoms with E-state index in [-0.39, 0.29) is 0 Å². The molecule has 0 aliphatic heterocycles. The van der Waals surface area contributed by atoms with Gasteiger partial charge in [0.2, 0.25) is 0 Å². The molecule has 1 N–H and O–H groups in total. The maximum Gasteiger partial charge on any atom is 0.129 e. The van der Waals surface area contributed by atoms with E-state index in [0.717, 1.165) is 18.0 Å². The summed E-state index contributed by atoms with van der Waals surface area (Å²) >= 11 is 1.50. The van der Waals surface area contributed by atoms with Crippen molar-refractivity contribution in [2.45, 2.75) is 39.2 Å². The van der Waals surface area contributed by atoms with Gasteiger partial charge in [-0.25, -0.2) is 4.98 Å². The predicted octanol–water partition coefficient (Wildman–Crippen LogP) is 2.03. The molecular formula is C9H17N3S. The number of nitrogens with one attached hydrogen (secondary N) is 1. The van der Waals surface area contributed by atoms with Crippen molar-refractivity contribution in [3.63, 3.8) is 0 Å². The Kier molecular flexibility index (Phi) is 4.32. The summed E-state index contributed by atoms with van der Waals surface area (Å²) in [7, 11) is 0. The third-order valence-corrected chi connectivity index (χ3v) is 3.14. The first-order valence-corrected chi connectivity index (χ1v) is 5.56. The number of rotatable bonds is 5. The van der Waals surface area contributed by atoms with Crippen molar-refractivity contribution >= 4 is 11.5 Å². The van der Waals surface area contributed by atoms with Gasteiger partial charge in [-0.05, 0) is 24.5 Å². The SMILES string of the molecule is CCNC(CC)C(C)c1ncns1. The molecule has 2 atom stereocenters. The van der Waals surface area contributed by atoms with E-state index >= 15 is 0 Å². The molecular weight excluding hydrogens is 182 g/mol. The zero-order valence-electron chi connectivity index (χ0n) is 8.45. The van der Waals surface area contributed by atoms with Crippen LogP contribution >= 0.6 is 11.5 Å². The Morgan fingerprint density at radius 2 is 2.31 bits per heavy atom. The van der Waals surface area contributed by atoms with Crippen molar-refractivity contribution in [3.05, 3.63) is 11.3 Å². The smallest absolute Gasteiger partial charge is 0.129 e. The summed E-state index contributed by atoms with van der Waals surface area (Å²) in [6.07, 6.45) is 2.77. The van der Waals surface area contributed by atoms with Crippen LogP contribution in [0.5, 0.6) is 0 Å². The van der Waals surface area contributed by atoms with E-state index in [1.165, 1.54) is 11.5 Å². The number of nitrogens with zero attached hydrogens (tertiary/aromatic N) is 2. The summed E-state index contributed by atoms with van der Waals surface area (Å²) in [5.41, 5.74) is 0. The van der Waals surface area contributed by atoms with E-state index < -0.39 is 0 Å². The molecule has 0 spiro atoms. The fourth-order valence-corrected chi connectivity index (χ4v) is 2.12. The molecule has 4 heteroatoms. The molecule has 1 aromatic heterocycles.